The molecule has 2 amide bonds. The molecule has 0 unspecified atom stereocenters. The summed E-state index contributed by atoms with van der Waals surface area (Å²) in [6.07, 6.45) is 0. The predicted octanol–water partition coefficient (Wildman–Crippen LogP) is 3.81. The summed E-state index contributed by atoms with van der Waals surface area (Å²) in [6, 6.07) is 13.1. The van der Waals surface area contributed by atoms with E-state index in [0.717, 1.165) is 15.4 Å². The van der Waals surface area contributed by atoms with Gasteiger partial charge in [-0.3, -0.25) is 14.5 Å². The molecule has 22 heavy (non-hydrogen) atoms. The van der Waals surface area contributed by atoms with Crippen LogP contribution in [-0.4, -0.2) is 17.6 Å². The van der Waals surface area contributed by atoms with Gasteiger partial charge in [-0.15, -0.1) is 11.8 Å². The number of thioether (sulfide) groups is 1. The van der Waals surface area contributed by atoms with Gasteiger partial charge in [0.15, 0.2) is 0 Å². The van der Waals surface area contributed by atoms with Crippen LogP contribution < -0.4 is 4.90 Å². The van der Waals surface area contributed by atoms with Gasteiger partial charge < -0.3 is 0 Å². The average molecular weight is 317 g/mol. The Morgan fingerprint density at radius 3 is 2.18 bits per heavy atom. The lowest BCUT2D eigenvalue weighted by Crippen LogP contribution is -2.36. The van der Waals surface area contributed by atoms with Gasteiger partial charge in [0.05, 0.1) is 11.4 Å². The summed E-state index contributed by atoms with van der Waals surface area (Å²) in [5.74, 6) is -0.834. The molecule has 0 aromatic heterocycles. The second kappa shape index (κ2) is 7.22. The Bertz CT molecular complexity index is 668. The third-order valence-electron chi connectivity index (χ3n) is 3.03. The van der Waals surface area contributed by atoms with Crippen molar-refractivity contribution in [1.82, 2.24) is 0 Å². The van der Waals surface area contributed by atoms with Gasteiger partial charge in [0.2, 0.25) is 11.8 Å². The summed E-state index contributed by atoms with van der Waals surface area (Å²) in [5.41, 5.74) is 1.61. The Kier molecular flexibility index (Phi) is 5.33. The number of amides is 2. The molecule has 0 bridgehead atoms. The van der Waals surface area contributed by atoms with Gasteiger partial charge in [-0.2, -0.15) is 0 Å². The van der Waals surface area contributed by atoms with E-state index >= 15 is 0 Å². The summed E-state index contributed by atoms with van der Waals surface area (Å²) in [6.45, 7) is 3.30. The average Bonchev–Trinajstić information content (AvgIpc) is 2.48. The molecule has 0 spiro atoms. The number of carbonyl (C=O) groups is 2. The van der Waals surface area contributed by atoms with Gasteiger partial charge in [0, 0.05) is 11.8 Å². The van der Waals surface area contributed by atoms with Crippen LogP contribution in [0.1, 0.15) is 12.5 Å². The smallest absolute Gasteiger partial charge is 0.244 e. The van der Waals surface area contributed by atoms with Gasteiger partial charge in [-0.1, -0.05) is 17.7 Å². The fourth-order valence-corrected chi connectivity index (χ4v) is 2.68. The van der Waals surface area contributed by atoms with E-state index in [4.69, 9.17) is 0 Å². The third-order valence-corrected chi connectivity index (χ3v) is 4.03. The highest BCUT2D eigenvalue weighted by molar-refractivity contribution is 8.00. The number of anilines is 1. The number of imide groups is 1. The first-order valence-corrected chi connectivity index (χ1v) is 7.74. The van der Waals surface area contributed by atoms with Crippen molar-refractivity contribution in [2.45, 2.75) is 18.7 Å². The maximum absolute atomic E-state index is 12.8. The van der Waals surface area contributed by atoms with Crippen LogP contribution in [0.25, 0.3) is 0 Å². The molecular weight excluding hydrogens is 301 g/mol. The maximum atomic E-state index is 12.8. The minimum Gasteiger partial charge on any atom is -0.274 e. The third kappa shape index (κ3) is 4.18. The van der Waals surface area contributed by atoms with Crippen LogP contribution in [0.3, 0.4) is 0 Å². The van der Waals surface area contributed by atoms with E-state index in [9.17, 15) is 14.0 Å². The zero-order valence-corrected chi connectivity index (χ0v) is 13.2. The second-order valence-electron chi connectivity index (χ2n) is 4.83. The molecule has 2 aromatic carbocycles. The molecule has 0 aliphatic heterocycles. The van der Waals surface area contributed by atoms with Gasteiger partial charge >= 0.3 is 0 Å². The highest BCUT2D eigenvalue weighted by Crippen LogP contribution is 2.21. The van der Waals surface area contributed by atoms with Gasteiger partial charge in [0.25, 0.3) is 0 Å². The van der Waals surface area contributed by atoms with Crippen LogP contribution >= 0.6 is 11.8 Å². The van der Waals surface area contributed by atoms with Gasteiger partial charge in [-0.25, -0.2) is 4.39 Å². The minimum atomic E-state index is -0.325. The monoisotopic (exact) mass is 317 g/mol. The molecule has 0 aliphatic rings. The molecule has 3 nitrogen and oxygen atoms in total. The quantitative estimate of drug-likeness (QED) is 0.805. The van der Waals surface area contributed by atoms with Crippen LogP contribution in [0.15, 0.2) is 53.4 Å². The Balaban J connectivity index is 2.08. The standard InChI is InChI=1S/C17H16FNO2S/c1-12-3-7-15(8-4-12)19(13(2)20)17(21)11-22-16-9-5-14(18)6-10-16/h3-10H,11H2,1-2H3. The highest BCUT2D eigenvalue weighted by atomic mass is 32.2. The normalized spacial score (nSPS) is 10.3. The van der Waals surface area contributed by atoms with E-state index in [2.05, 4.69) is 0 Å². The number of hydrogen-bond acceptors (Lipinski definition) is 3. The molecule has 2 rings (SSSR count). The van der Waals surface area contributed by atoms with Crippen LogP contribution in [0.4, 0.5) is 10.1 Å². The van der Waals surface area contributed by atoms with Crippen LogP contribution in [0.5, 0.6) is 0 Å². The van der Waals surface area contributed by atoms with Crippen molar-refractivity contribution in [2.75, 3.05) is 10.7 Å². The van der Waals surface area contributed by atoms with E-state index in [0.29, 0.717) is 5.69 Å². The maximum Gasteiger partial charge on any atom is 0.244 e. The fraction of sp³-hybridized carbons (Fsp3) is 0.176. The van der Waals surface area contributed by atoms with Crippen LogP contribution in [0.2, 0.25) is 0 Å². The van der Waals surface area contributed by atoms with E-state index in [1.807, 2.05) is 19.1 Å². The molecule has 0 heterocycles. The fourth-order valence-electron chi connectivity index (χ4n) is 1.94. The van der Waals surface area contributed by atoms with Crippen molar-refractivity contribution in [3.05, 3.63) is 59.9 Å². The Hall–Kier alpha value is -2.14. The molecule has 2 aromatic rings. The summed E-state index contributed by atoms with van der Waals surface area (Å²) in [5, 5.41) is 0. The van der Waals surface area contributed by atoms with E-state index in [1.165, 1.54) is 30.8 Å². The molecule has 0 radical (unpaired) electrons. The van der Waals surface area contributed by atoms with Crippen LogP contribution in [-0.2, 0) is 9.59 Å². The Morgan fingerprint density at radius 1 is 1.05 bits per heavy atom. The summed E-state index contributed by atoms with van der Waals surface area (Å²) in [7, 11) is 0. The lowest BCUT2D eigenvalue weighted by molar-refractivity contribution is -0.124. The molecule has 0 N–H and O–H groups in total. The van der Waals surface area contributed by atoms with Crippen molar-refractivity contribution in [3.63, 3.8) is 0 Å². The zero-order valence-electron chi connectivity index (χ0n) is 12.4. The first kappa shape index (κ1) is 16.2. The molecular formula is C17H16FNO2S. The summed E-state index contributed by atoms with van der Waals surface area (Å²) in [4.78, 5) is 26.0. The number of aryl methyl sites for hydroxylation is 1. The first-order valence-electron chi connectivity index (χ1n) is 6.76. The van der Waals surface area contributed by atoms with E-state index < -0.39 is 0 Å². The SMILES string of the molecule is CC(=O)N(C(=O)CSc1ccc(F)cc1)c1ccc(C)cc1. The molecule has 0 saturated carbocycles. The van der Waals surface area contributed by atoms with Gasteiger partial charge in [-0.05, 0) is 43.3 Å². The number of hydrogen-bond donors (Lipinski definition) is 0. The number of rotatable bonds is 4. The van der Waals surface area contributed by atoms with E-state index in [-0.39, 0.29) is 23.4 Å². The summed E-state index contributed by atoms with van der Waals surface area (Å²) >= 11 is 1.27. The zero-order chi connectivity index (χ0) is 16.1. The lowest BCUT2D eigenvalue weighted by Gasteiger charge is -2.19. The number of nitrogens with zero attached hydrogens (tertiary/aromatic N) is 1. The van der Waals surface area contributed by atoms with Crippen LogP contribution in [0, 0.1) is 12.7 Å². The number of carbonyl (C=O) groups excluding carboxylic acids is 2. The Morgan fingerprint density at radius 2 is 1.64 bits per heavy atom. The highest BCUT2D eigenvalue weighted by Gasteiger charge is 2.20. The van der Waals surface area contributed by atoms with Crippen molar-refractivity contribution < 1.29 is 14.0 Å². The van der Waals surface area contributed by atoms with Crippen molar-refractivity contribution in [2.24, 2.45) is 0 Å². The molecule has 0 aliphatic carbocycles. The predicted molar refractivity (Wildman–Crippen MR) is 86.5 cm³/mol. The molecule has 114 valence electrons. The lowest BCUT2D eigenvalue weighted by atomic mass is 10.2. The molecule has 0 fully saturated rings. The van der Waals surface area contributed by atoms with Gasteiger partial charge in [0.1, 0.15) is 5.82 Å². The minimum absolute atomic E-state index is 0.110. The molecule has 5 heteroatoms. The first-order chi connectivity index (χ1) is 10.5. The number of benzene rings is 2. The van der Waals surface area contributed by atoms with Crippen molar-refractivity contribution in [3.8, 4) is 0 Å². The molecule has 0 atom stereocenters. The largest absolute Gasteiger partial charge is 0.274 e. The van der Waals surface area contributed by atoms with E-state index in [1.54, 1.807) is 24.3 Å². The Labute approximate surface area is 133 Å². The topological polar surface area (TPSA) is 37.4 Å². The summed E-state index contributed by atoms with van der Waals surface area (Å²) < 4.78 is 12.8. The molecule has 0 saturated heterocycles. The second-order valence-corrected chi connectivity index (χ2v) is 5.88. The van der Waals surface area contributed by atoms with Crippen molar-refractivity contribution in [1.29, 1.82) is 0 Å². The van der Waals surface area contributed by atoms with Crippen molar-refractivity contribution >= 4 is 29.3 Å². The number of halogens is 1.